The van der Waals surface area contributed by atoms with Gasteiger partial charge < -0.3 is 5.32 Å². The fourth-order valence-electron chi connectivity index (χ4n) is 2.26. The van der Waals surface area contributed by atoms with Crippen molar-refractivity contribution in [1.29, 1.82) is 0 Å². The van der Waals surface area contributed by atoms with Crippen molar-refractivity contribution in [3.63, 3.8) is 0 Å². The summed E-state index contributed by atoms with van der Waals surface area (Å²) in [6.07, 6.45) is 4.70. The maximum absolute atomic E-state index is 13.0. The van der Waals surface area contributed by atoms with Crippen LogP contribution in [0, 0.1) is 5.82 Å². The van der Waals surface area contributed by atoms with E-state index in [9.17, 15) is 14.0 Å². The Morgan fingerprint density at radius 3 is 2.48 bits per heavy atom. The Kier molecular flexibility index (Phi) is 5.64. The summed E-state index contributed by atoms with van der Waals surface area (Å²) in [4.78, 5) is 28.6. The highest BCUT2D eigenvalue weighted by atomic mass is 19.1. The third-order valence-corrected chi connectivity index (χ3v) is 3.59. The number of benzene rings is 2. The highest BCUT2D eigenvalue weighted by Crippen LogP contribution is 2.16. The number of carbonyl (C=O) groups excluding carboxylic acids is 2. The van der Waals surface area contributed by atoms with Gasteiger partial charge in [0.25, 0.3) is 11.8 Å². The van der Waals surface area contributed by atoms with Crippen LogP contribution in [-0.2, 0) is 0 Å². The number of para-hydroxylation sites is 1. The van der Waals surface area contributed by atoms with Gasteiger partial charge in [0.15, 0.2) is 0 Å². The number of hydrogen-bond donors (Lipinski definition) is 2. The van der Waals surface area contributed by atoms with E-state index in [-0.39, 0.29) is 11.1 Å². The molecule has 1 aromatic heterocycles. The van der Waals surface area contributed by atoms with Gasteiger partial charge >= 0.3 is 0 Å². The lowest BCUT2D eigenvalue weighted by Crippen LogP contribution is -2.21. The van der Waals surface area contributed by atoms with E-state index >= 15 is 0 Å². The third kappa shape index (κ3) is 4.82. The Morgan fingerprint density at radius 1 is 0.963 bits per heavy atom. The number of pyridine rings is 1. The van der Waals surface area contributed by atoms with Crippen LogP contribution in [0.2, 0.25) is 0 Å². The monoisotopic (exact) mass is 362 g/mol. The first-order valence-corrected chi connectivity index (χ1v) is 8.03. The quantitative estimate of drug-likeness (QED) is 0.540. The van der Waals surface area contributed by atoms with Crippen LogP contribution >= 0.6 is 0 Å². The fourth-order valence-corrected chi connectivity index (χ4v) is 2.26. The molecule has 3 aromatic rings. The van der Waals surface area contributed by atoms with Crippen molar-refractivity contribution in [1.82, 2.24) is 10.4 Å². The second kappa shape index (κ2) is 8.48. The maximum Gasteiger partial charge on any atom is 0.273 e. The topological polar surface area (TPSA) is 83.5 Å². The number of hydrogen-bond acceptors (Lipinski definition) is 4. The predicted octanol–water partition coefficient (Wildman–Crippen LogP) is 3.24. The average molecular weight is 362 g/mol. The molecule has 3 rings (SSSR count). The largest absolute Gasteiger partial charge is 0.321 e. The fraction of sp³-hybridized carbons (Fsp3) is 0. The van der Waals surface area contributed by atoms with Crippen LogP contribution in [-0.4, -0.2) is 23.0 Å². The van der Waals surface area contributed by atoms with Crippen molar-refractivity contribution in [2.75, 3.05) is 5.32 Å². The van der Waals surface area contributed by atoms with Crippen LogP contribution in [0.15, 0.2) is 78.2 Å². The minimum Gasteiger partial charge on any atom is -0.321 e. The lowest BCUT2D eigenvalue weighted by Gasteiger charge is -2.10. The number of hydrazone groups is 1. The van der Waals surface area contributed by atoms with Gasteiger partial charge in [-0.2, -0.15) is 5.10 Å². The molecule has 0 saturated carbocycles. The zero-order valence-corrected chi connectivity index (χ0v) is 14.1. The summed E-state index contributed by atoms with van der Waals surface area (Å²) < 4.78 is 13.0. The lowest BCUT2D eigenvalue weighted by molar-refractivity contribution is 0.0956. The molecule has 0 bridgehead atoms. The van der Waals surface area contributed by atoms with E-state index < -0.39 is 17.6 Å². The first kappa shape index (κ1) is 17.9. The van der Waals surface area contributed by atoms with Crippen molar-refractivity contribution < 1.29 is 14.0 Å². The molecule has 0 aliphatic carbocycles. The van der Waals surface area contributed by atoms with E-state index in [2.05, 4.69) is 20.8 Å². The molecule has 0 atom stereocenters. The molecular formula is C20H15FN4O2. The Balaban J connectivity index is 1.71. The van der Waals surface area contributed by atoms with Gasteiger partial charge in [-0.15, -0.1) is 0 Å². The van der Waals surface area contributed by atoms with Crippen LogP contribution in [0.3, 0.4) is 0 Å². The van der Waals surface area contributed by atoms with Crippen LogP contribution in [0.1, 0.15) is 26.3 Å². The first-order chi connectivity index (χ1) is 13.1. The van der Waals surface area contributed by atoms with Gasteiger partial charge in [-0.1, -0.05) is 18.2 Å². The Bertz CT molecular complexity index is 973. The van der Waals surface area contributed by atoms with Crippen molar-refractivity contribution in [3.8, 4) is 0 Å². The number of rotatable bonds is 5. The molecule has 27 heavy (non-hydrogen) atoms. The summed E-state index contributed by atoms with van der Waals surface area (Å²) >= 11 is 0. The van der Waals surface area contributed by atoms with Crippen molar-refractivity contribution >= 4 is 23.7 Å². The molecule has 0 fully saturated rings. The van der Waals surface area contributed by atoms with E-state index in [1.54, 1.807) is 48.8 Å². The standard InChI is InChI=1S/C20H15FN4O2/c21-16-9-7-15(8-10-16)19(26)24-18-6-2-1-5-17(18)20(27)25-23-13-14-4-3-11-22-12-14/h1-13H,(H,24,26)(H,25,27)/b23-13+. The molecule has 0 saturated heterocycles. The molecule has 0 radical (unpaired) electrons. The summed E-state index contributed by atoms with van der Waals surface area (Å²) in [6, 6.07) is 15.2. The van der Waals surface area contributed by atoms with E-state index in [4.69, 9.17) is 0 Å². The van der Waals surface area contributed by atoms with Crippen molar-refractivity contribution in [3.05, 3.63) is 95.6 Å². The van der Waals surface area contributed by atoms with Gasteiger partial charge in [-0.25, -0.2) is 9.82 Å². The highest BCUT2D eigenvalue weighted by molar-refractivity contribution is 6.09. The van der Waals surface area contributed by atoms with E-state index in [0.717, 1.165) is 5.56 Å². The lowest BCUT2D eigenvalue weighted by atomic mass is 10.1. The molecule has 2 amide bonds. The Labute approximate surface area is 154 Å². The number of halogens is 1. The van der Waals surface area contributed by atoms with Gasteiger partial charge in [0, 0.05) is 23.5 Å². The molecule has 1 heterocycles. The Hall–Kier alpha value is -3.87. The molecule has 0 unspecified atom stereocenters. The van der Waals surface area contributed by atoms with E-state index in [1.807, 2.05) is 0 Å². The summed E-state index contributed by atoms with van der Waals surface area (Å²) in [5, 5.41) is 6.54. The number of nitrogens with zero attached hydrogens (tertiary/aromatic N) is 2. The second-order valence-corrected chi connectivity index (χ2v) is 5.49. The van der Waals surface area contributed by atoms with Gasteiger partial charge in [0.2, 0.25) is 0 Å². The molecule has 2 aromatic carbocycles. The molecule has 6 nitrogen and oxygen atoms in total. The van der Waals surface area contributed by atoms with Crippen LogP contribution in [0.25, 0.3) is 0 Å². The molecule has 0 aliphatic heterocycles. The number of amides is 2. The minimum absolute atomic E-state index is 0.247. The molecule has 0 spiro atoms. The summed E-state index contributed by atoms with van der Waals surface area (Å²) in [5.74, 6) is -1.36. The van der Waals surface area contributed by atoms with Crippen molar-refractivity contribution in [2.24, 2.45) is 5.10 Å². The second-order valence-electron chi connectivity index (χ2n) is 5.49. The number of aromatic nitrogens is 1. The minimum atomic E-state index is -0.481. The van der Waals surface area contributed by atoms with E-state index in [0.29, 0.717) is 5.69 Å². The zero-order chi connectivity index (χ0) is 19.1. The van der Waals surface area contributed by atoms with Crippen LogP contribution < -0.4 is 10.7 Å². The summed E-state index contributed by atoms with van der Waals surface area (Å²) in [7, 11) is 0. The molecule has 0 aliphatic rings. The normalized spacial score (nSPS) is 10.6. The van der Waals surface area contributed by atoms with Crippen LogP contribution in [0.5, 0.6) is 0 Å². The molecule has 134 valence electrons. The van der Waals surface area contributed by atoms with Crippen molar-refractivity contribution in [2.45, 2.75) is 0 Å². The predicted molar refractivity (Wildman–Crippen MR) is 100 cm³/mol. The molecule has 7 heteroatoms. The van der Waals surface area contributed by atoms with Gasteiger partial charge in [-0.3, -0.25) is 14.6 Å². The number of nitrogens with one attached hydrogen (secondary N) is 2. The molecular weight excluding hydrogens is 347 g/mol. The number of anilines is 1. The average Bonchev–Trinajstić information content (AvgIpc) is 2.69. The van der Waals surface area contributed by atoms with Gasteiger partial charge in [-0.05, 0) is 42.5 Å². The van der Waals surface area contributed by atoms with E-state index in [1.165, 1.54) is 30.5 Å². The highest BCUT2D eigenvalue weighted by Gasteiger charge is 2.13. The Morgan fingerprint density at radius 2 is 1.74 bits per heavy atom. The smallest absolute Gasteiger partial charge is 0.273 e. The SMILES string of the molecule is O=C(Nc1ccccc1C(=O)N/N=C/c1cccnc1)c1ccc(F)cc1. The maximum atomic E-state index is 13.0. The summed E-state index contributed by atoms with van der Waals surface area (Å²) in [5.41, 5.74) is 3.99. The van der Waals surface area contributed by atoms with Crippen LogP contribution in [0.4, 0.5) is 10.1 Å². The first-order valence-electron chi connectivity index (χ1n) is 8.03. The molecule has 2 N–H and O–H groups in total. The zero-order valence-electron chi connectivity index (χ0n) is 14.1. The van der Waals surface area contributed by atoms with Gasteiger partial charge in [0.05, 0.1) is 17.5 Å². The number of carbonyl (C=O) groups is 2. The third-order valence-electron chi connectivity index (χ3n) is 3.59. The van der Waals surface area contributed by atoms with Gasteiger partial charge in [0.1, 0.15) is 5.82 Å². The summed E-state index contributed by atoms with van der Waals surface area (Å²) in [6.45, 7) is 0.